The molecule has 0 amide bonds. The molecule has 0 aliphatic carbocycles. The highest BCUT2D eigenvalue weighted by molar-refractivity contribution is 6.01. The summed E-state index contributed by atoms with van der Waals surface area (Å²) in [5, 5.41) is 8.12. The first-order valence-electron chi connectivity index (χ1n) is 10.6. The third-order valence-electron chi connectivity index (χ3n) is 5.72. The first-order valence-corrected chi connectivity index (χ1v) is 10.6. The predicted molar refractivity (Wildman–Crippen MR) is 124 cm³/mol. The van der Waals surface area contributed by atoms with Crippen molar-refractivity contribution in [1.29, 1.82) is 0 Å². The normalized spacial score (nSPS) is 15.6. The van der Waals surface area contributed by atoms with E-state index in [1.165, 1.54) is 12.3 Å². The molecule has 3 aromatic carbocycles. The molecule has 172 valence electrons. The number of hydrogen-bond acceptors (Lipinski definition) is 5. The van der Waals surface area contributed by atoms with Gasteiger partial charge in [-0.3, -0.25) is 4.98 Å². The van der Waals surface area contributed by atoms with Gasteiger partial charge in [0, 0.05) is 29.4 Å². The largest absolute Gasteiger partial charge is 0.497 e. The van der Waals surface area contributed by atoms with E-state index >= 15 is 0 Å². The van der Waals surface area contributed by atoms with E-state index in [0.29, 0.717) is 17.5 Å². The number of halogens is 3. The van der Waals surface area contributed by atoms with Crippen LogP contribution in [0.5, 0.6) is 5.75 Å². The number of benzene rings is 3. The van der Waals surface area contributed by atoms with Crippen LogP contribution in [0.3, 0.4) is 0 Å². The van der Waals surface area contributed by atoms with Gasteiger partial charge in [0.15, 0.2) is 6.10 Å². The fraction of sp³-hybridized carbons (Fsp3) is 0.154. The molecule has 2 heterocycles. The fourth-order valence-corrected chi connectivity index (χ4v) is 3.88. The average molecular weight is 463 g/mol. The Balaban J connectivity index is 1.30. The second-order valence-electron chi connectivity index (χ2n) is 7.90. The Morgan fingerprint density at radius 3 is 2.44 bits per heavy atom. The highest BCUT2D eigenvalue weighted by Gasteiger charge is 2.30. The number of nitrogens with one attached hydrogen (secondary N) is 1. The summed E-state index contributed by atoms with van der Waals surface area (Å²) >= 11 is 0. The van der Waals surface area contributed by atoms with Crippen LogP contribution in [-0.2, 0) is 11.0 Å². The summed E-state index contributed by atoms with van der Waals surface area (Å²) in [4.78, 5) is 9.72. The molecule has 0 fully saturated rings. The third-order valence-corrected chi connectivity index (χ3v) is 5.72. The topological polar surface area (TPSA) is 55.7 Å². The monoisotopic (exact) mass is 463 g/mol. The molecule has 5 rings (SSSR count). The van der Waals surface area contributed by atoms with Crippen LogP contribution in [0, 0.1) is 0 Å². The molecule has 1 aliphatic rings. The summed E-state index contributed by atoms with van der Waals surface area (Å²) in [6, 6.07) is 20.7. The van der Waals surface area contributed by atoms with Gasteiger partial charge < -0.3 is 14.9 Å². The van der Waals surface area contributed by atoms with Crippen LogP contribution in [0.4, 0.5) is 24.5 Å². The van der Waals surface area contributed by atoms with Gasteiger partial charge in [0.2, 0.25) is 0 Å². The highest BCUT2D eigenvalue weighted by Crippen LogP contribution is 2.34. The fourth-order valence-electron chi connectivity index (χ4n) is 3.88. The number of pyridine rings is 1. The summed E-state index contributed by atoms with van der Waals surface area (Å²) in [5.74, 6) is 0.786. The minimum atomic E-state index is -4.41. The van der Waals surface area contributed by atoms with Crippen molar-refractivity contribution in [2.45, 2.75) is 18.7 Å². The number of nitrogens with zero attached hydrogens (tertiary/aromatic N) is 2. The number of alkyl halides is 3. The molecule has 0 spiro atoms. The number of methoxy groups -OCH3 is 1. The Morgan fingerprint density at radius 2 is 1.74 bits per heavy atom. The number of rotatable bonds is 5. The van der Waals surface area contributed by atoms with Crippen molar-refractivity contribution in [3.63, 3.8) is 0 Å². The molecule has 1 aromatic heterocycles. The summed E-state index contributed by atoms with van der Waals surface area (Å²) < 4.78 is 44.2. The van der Waals surface area contributed by atoms with E-state index in [1.54, 1.807) is 13.2 Å². The molecule has 0 radical (unpaired) electrons. The van der Waals surface area contributed by atoms with Gasteiger partial charge in [-0.1, -0.05) is 35.5 Å². The van der Waals surface area contributed by atoms with E-state index < -0.39 is 11.7 Å². The van der Waals surface area contributed by atoms with Gasteiger partial charge in [-0.15, -0.1) is 0 Å². The van der Waals surface area contributed by atoms with Crippen LogP contribution >= 0.6 is 0 Å². The van der Waals surface area contributed by atoms with Crippen molar-refractivity contribution in [2.75, 3.05) is 12.4 Å². The van der Waals surface area contributed by atoms with Crippen LogP contribution in [0.15, 0.2) is 84.1 Å². The zero-order chi connectivity index (χ0) is 23.7. The molecule has 0 saturated carbocycles. The molecule has 8 heteroatoms. The van der Waals surface area contributed by atoms with Crippen molar-refractivity contribution in [3.05, 3.63) is 95.7 Å². The minimum Gasteiger partial charge on any atom is -0.497 e. The number of oxime groups is 1. The van der Waals surface area contributed by atoms with Crippen molar-refractivity contribution >= 4 is 28.0 Å². The lowest BCUT2D eigenvalue weighted by molar-refractivity contribution is -0.137. The standard InChI is InChI=1S/C26H20F3N3O2/c1-33-20-9-4-17(5-10-20)25-15-23(32-34-25)16-2-7-19(8-3-16)31-22-12-13-30-24-14-18(26(27,28)29)6-11-21(22)24/h2-14,25H,15H2,1H3,(H,30,31). The molecule has 4 aromatic rings. The van der Waals surface area contributed by atoms with E-state index in [2.05, 4.69) is 15.5 Å². The maximum Gasteiger partial charge on any atom is 0.416 e. The van der Waals surface area contributed by atoms with Crippen LogP contribution in [0.1, 0.15) is 29.2 Å². The van der Waals surface area contributed by atoms with E-state index in [0.717, 1.165) is 40.4 Å². The third kappa shape index (κ3) is 4.39. The maximum atomic E-state index is 13.0. The lowest BCUT2D eigenvalue weighted by Crippen LogP contribution is -2.05. The smallest absolute Gasteiger partial charge is 0.416 e. The van der Waals surface area contributed by atoms with Crippen LogP contribution in [0.2, 0.25) is 0 Å². The first kappa shape index (κ1) is 21.8. The molecule has 0 saturated heterocycles. The van der Waals surface area contributed by atoms with Crippen molar-refractivity contribution < 1.29 is 22.7 Å². The summed E-state index contributed by atoms with van der Waals surface area (Å²) in [5.41, 5.74) is 3.84. The maximum absolute atomic E-state index is 13.0. The quantitative estimate of drug-likeness (QED) is 0.351. The molecule has 5 nitrogen and oxygen atoms in total. The van der Waals surface area contributed by atoms with Gasteiger partial charge in [-0.25, -0.2) is 0 Å². The first-order chi connectivity index (χ1) is 16.4. The Kier molecular flexibility index (Phi) is 5.57. The Hall–Kier alpha value is -4.07. The van der Waals surface area contributed by atoms with Gasteiger partial charge in [-0.2, -0.15) is 13.2 Å². The van der Waals surface area contributed by atoms with E-state index in [9.17, 15) is 13.2 Å². The number of ether oxygens (including phenoxy) is 1. The number of aromatic nitrogens is 1. The van der Waals surface area contributed by atoms with Crippen molar-refractivity contribution in [2.24, 2.45) is 5.16 Å². The average Bonchev–Trinajstić information content (AvgIpc) is 3.34. The van der Waals surface area contributed by atoms with Gasteiger partial charge in [0.1, 0.15) is 5.75 Å². The van der Waals surface area contributed by atoms with Gasteiger partial charge in [0.25, 0.3) is 0 Å². The zero-order valence-electron chi connectivity index (χ0n) is 18.1. The Bertz CT molecular complexity index is 1350. The SMILES string of the molecule is COc1ccc(C2CC(c3ccc(Nc4ccnc5cc(C(F)(F)F)ccc45)cc3)=NO2)cc1. The Morgan fingerprint density at radius 1 is 0.971 bits per heavy atom. The highest BCUT2D eigenvalue weighted by atomic mass is 19.4. The van der Waals surface area contributed by atoms with Crippen molar-refractivity contribution in [1.82, 2.24) is 4.98 Å². The predicted octanol–water partition coefficient (Wildman–Crippen LogP) is 6.87. The molecule has 1 unspecified atom stereocenters. The van der Waals surface area contributed by atoms with E-state index in [1.807, 2.05) is 48.5 Å². The summed E-state index contributed by atoms with van der Waals surface area (Å²) in [7, 11) is 1.63. The molecule has 0 bridgehead atoms. The number of hydrogen-bond donors (Lipinski definition) is 1. The van der Waals surface area contributed by atoms with E-state index in [4.69, 9.17) is 9.57 Å². The minimum absolute atomic E-state index is 0.150. The molecule has 1 aliphatic heterocycles. The van der Waals surface area contributed by atoms with Gasteiger partial charge >= 0.3 is 6.18 Å². The molecule has 1 atom stereocenters. The number of anilines is 2. The van der Waals surface area contributed by atoms with Crippen LogP contribution in [0.25, 0.3) is 10.9 Å². The Labute approximate surface area is 193 Å². The van der Waals surface area contributed by atoms with Gasteiger partial charge in [-0.05, 0) is 53.6 Å². The zero-order valence-corrected chi connectivity index (χ0v) is 18.1. The lowest BCUT2D eigenvalue weighted by Gasteiger charge is -2.12. The molecule has 1 N–H and O–H groups in total. The van der Waals surface area contributed by atoms with Crippen LogP contribution in [-0.4, -0.2) is 17.8 Å². The summed E-state index contributed by atoms with van der Waals surface area (Å²) in [6.07, 6.45) is -2.42. The number of fused-ring (bicyclic) bond motifs is 1. The second kappa shape index (κ2) is 8.70. The molecular formula is C26H20F3N3O2. The van der Waals surface area contributed by atoms with E-state index in [-0.39, 0.29) is 11.6 Å². The lowest BCUT2D eigenvalue weighted by atomic mass is 10.00. The summed E-state index contributed by atoms with van der Waals surface area (Å²) in [6.45, 7) is 0. The van der Waals surface area contributed by atoms with Crippen molar-refractivity contribution in [3.8, 4) is 5.75 Å². The molecular weight excluding hydrogens is 443 g/mol. The van der Waals surface area contributed by atoms with Crippen LogP contribution < -0.4 is 10.1 Å². The second-order valence-corrected chi connectivity index (χ2v) is 7.90. The molecule has 34 heavy (non-hydrogen) atoms. The van der Waals surface area contributed by atoms with Gasteiger partial charge in [0.05, 0.1) is 23.9 Å².